The van der Waals surface area contributed by atoms with E-state index >= 15 is 0 Å². The van der Waals surface area contributed by atoms with E-state index in [4.69, 9.17) is 4.74 Å². The molecule has 1 saturated carbocycles. The van der Waals surface area contributed by atoms with Crippen LogP contribution in [0.3, 0.4) is 0 Å². The lowest BCUT2D eigenvalue weighted by Gasteiger charge is -2.50. The van der Waals surface area contributed by atoms with E-state index in [1.807, 2.05) is 30.4 Å². The average Bonchev–Trinajstić information content (AvgIpc) is 3.10. The van der Waals surface area contributed by atoms with Crippen LogP contribution in [0.25, 0.3) is 0 Å². The minimum absolute atomic E-state index is 0.119. The van der Waals surface area contributed by atoms with Crippen LogP contribution in [0.2, 0.25) is 0 Å². The fraction of sp³-hybridized carbons (Fsp3) is 0.304. The quantitative estimate of drug-likeness (QED) is 0.675. The lowest BCUT2D eigenvalue weighted by atomic mass is 9.55. The van der Waals surface area contributed by atoms with E-state index in [0.29, 0.717) is 5.56 Å². The zero-order chi connectivity index (χ0) is 18.6. The van der Waals surface area contributed by atoms with E-state index in [9.17, 15) is 14.7 Å². The monoisotopic (exact) mass is 360 g/mol. The summed E-state index contributed by atoms with van der Waals surface area (Å²) in [6.07, 6.45) is 4.73. The number of ether oxygens (including phenoxy) is 1. The second-order valence-corrected chi connectivity index (χ2v) is 7.76. The standard InChI is InChI=1S/C23H20O4/c24-21-17-10-11-19(18-12-15-8-4-5-9-16(15)20(17)18)23(21,26)13-27-22(25)14-6-2-1-3-7-14/h1-11,17-20,26H,12-13H2/t17-,18-,19+,20+,23-/m0/s1. The van der Waals surface area contributed by atoms with Crippen LogP contribution < -0.4 is 0 Å². The van der Waals surface area contributed by atoms with Gasteiger partial charge in [0.15, 0.2) is 11.4 Å². The Morgan fingerprint density at radius 1 is 1.07 bits per heavy atom. The number of fused-ring (bicyclic) bond motifs is 2. The summed E-state index contributed by atoms with van der Waals surface area (Å²) in [4.78, 5) is 25.4. The minimum atomic E-state index is -1.65. The van der Waals surface area contributed by atoms with Crippen LogP contribution in [-0.2, 0) is 16.0 Å². The normalized spacial score (nSPS) is 32.9. The minimum Gasteiger partial charge on any atom is -0.459 e. The maximum Gasteiger partial charge on any atom is 0.338 e. The summed E-state index contributed by atoms with van der Waals surface area (Å²) < 4.78 is 5.38. The number of ketones is 1. The molecule has 0 heterocycles. The number of allylic oxidation sites excluding steroid dienone is 1. The van der Waals surface area contributed by atoms with E-state index in [1.54, 1.807) is 24.3 Å². The van der Waals surface area contributed by atoms with Crippen molar-refractivity contribution in [3.63, 3.8) is 0 Å². The van der Waals surface area contributed by atoms with E-state index in [0.717, 1.165) is 6.42 Å². The summed E-state index contributed by atoms with van der Waals surface area (Å²) in [7, 11) is 0. The lowest BCUT2D eigenvalue weighted by molar-refractivity contribution is -0.163. The van der Waals surface area contributed by atoms with Gasteiger partial charge >= 0.3 is 5.97 Å². The third-order valence-electron chi connectivity index (χ3n) is 6.42. The first-order valence-corrected chi connectivity index (χ1v) is 9.34. The van der Waals surface area contributed by atoms with Gasteiger partial charge in [-0.05, 0) is 35.6 Å². The molecule has 0 unspecified atom stereocenters. The number of benzene rings is 2. The Kier molecular flexibility index (Phi) is 3.59. The molecule has 2 aromatic rings. The van der Waals surface area contributed by atoms with E-state index < -0.39 is 11.6 Å². The number of hydrogen-bond donors (Lipinski definition) is 1. The Bertz CT molecular complexity index is 948. The van der Waals surface area contributed by atoms with Crippen molar-refractivity contribution in [2.45, 2.75) is 17.9 Å². The molecular formula is C23H20O4. The third kappa shape index (κ3) is 2.33. The smallest absolute Gasteiger partial charge is 0.338 e. The second kappa shape index (κ2) is 5.89. The summed E-state index contributed by atoms with van der Waals surface area (Å²) in [6, 6.07) is 16.9. The van der Waals surface area contributed by atoms with Gasteiger partial charge in [-0.1, -0.05) is 54.6 Å². The molecular weight excluding hydrogens is 340 g/mol. The van der Waals surface area contributed by atoms with Crippen LogP contribution >= 0.6 is 0 Å². The molecule has 0 spiro atoms. The summed E-state index contributed by atoms with van der Waals surface area (Å²) in [5.41, 5.74) is 1.24. The van der Waals surface area contributed by atoms with Crippen molar-refractivity contribution < 1.29 is 19.4 Å². The van der Waals surface area contributed by atoms with Crippen molar-refractivity contribution in [2.75, 3.05) is 6.61 Å². The molecule has 0 radical (unpaired) electrons. The average molecular weight is 360 g/mol. The SMILES string of the molecule is O=C(OC[C@@]1(O)C(=O)[C@H]2C=C[C@@H]1[C@@H]1Cc3ccccc3[C@@H]12)c1ccccc1. The molecule has 2 aromatic carbocycles. The number of esters is 1. The van der Waals surface area contributed by atoms with Crippen LogP contribution in [0.1, 0.15) is 27.4 Å². The van der Waals surface area contributed by atoms with Gasteiger partial charge in [0.25, 0.3) is 0 Å². The molecule has 5 atom stereocenters. The number of carbonyl (C=O) groups excluding carboxylic acids is 2. The van der Waals surface area contributed by atoms with E-state index in [2.05, 4.69) is 12.1 Å². The fourth-order valence-corrected chi connectivity index (χ4v) is 5.19. The molecule has 4 nitrogen and oxygen atoms in total. The molecule has 6 rings (SSSR count). The molecule has 4 heteroatoms. The van der Waals surface area contributed by atoms with Crippen molar-refractivity contribution in [3.8, 4) is 0 Å². The zero-order valence-corrected chi connectivity index (χ0v) is 14.7. The van der Waals surface area contributed by atoms with Gasteiger partial charge in [0.1, 0.15) is 6.61 Å². The Morgan fingerprint density at radius 2 is 1.81 bits per heavy atom. The highest BCUT2D eigenvalue weighted by molar-refractivity contribution is 5.96. The third-order valence-corrected chi connectivity index (χ3v) is 6.42. The number of Topliss-reactive ketones (excluding diaryl/α,β-unsaturated/α-hetero) is 1. The molecule has 0 aliphatic heterocycles. The van der Waals surface area contributed by atoms with Gasteiger partial charge in [-0.2, -0.15) is 0 Å². The molecule has 0 aromatic heterocycles. The molecule has 0 saturated heterocycles. The Morgan fingerprint density at radius 3 is 2.63 bits per heavy atom. The van der Waals surface area contributed by atoms with Crippen LogP contribution in [0.5, 0.6) is 0 Å². The molecule has 1 N–H and O–H groups in total. The van der Waals surface area contributed by atoms with Crippen LogP contribution in [0, 0.1) is 17.8 Å². The largest absolute Gasteiger partial charge is 0.459 e. The predicted octanol–water partition coefficient (Wildman–Crippen LogP) is 2.92. The van der Waals surface area contributed by atoms with Gasteiger partial charge < -0.3 is 9.84 Å². The number of hydrogen-bond acceptors (Lipinski definition) is 4. The lowest BCUT2D eigenvalue weighted by Crippen LogP contribution is -2.61. The topological polar surface area (TPSA) is 63.6 Å². The predicted molar refractivity (Wildman–Crippen MR) is 99.2 cm³/mol. The van der Waals surface area contributed by atoms with Crippen LogP contribution in [-0.4, -0.2) is 29.1 Å². The van der Waals surface area contributed by atoms with Gasteiger partial charge in [0.2, 0.25) is 0 Å². The molecule has 136 valence electrons. The summed E-state index contributed by atoms with van der Waals surface area (Å²) in [5, 5.41) is 11.3. The zero-order valence-electron chi connectivity index (χ0n) is 14.7. The number of carbonyl (C=O) groups is 2. The van der Waals surface area contributed by atoms with Crippen molar-refractivity contribution in [3.05, 3.63) is 83.4 Å². The fourth-order valence-electron chi connectivity index (χ4n) is 5.19. The van der Waals surface area contributed by atoms with Gasteiger partial charge in [0, 0.05) is 17.8 Å². The first-order valence-electron chi connectivity index (χ1n) is 9.34. The molecule has 0 amide bonds. The van der Waals surface area contributed by atoms with E-state index in [1.165, 1.54) is 11.1 Å². The highest BCUT2D eigenvalue weighted by atomic mass is 16.5. The molecule has 4 aliphatic rings. The Labute approximate surface area is 157 Å². The number of rotatable bonds is 3. The van der Waals surface area contributed by atoms with Crippen molar-refractivity contribution in [1.82, 2.24) is 0 Å². The Balaban J connectivity index is 1.41. The first-order chi connectivity index (χ1) is 13.1. The Hall–Kier alpha value is -2.72. The molecule has 1 fully saturated rings. The first kappa shape index (κ1) is 16.5. The maximum absolute atomic E-state index is 13.1. The van der Waals surface area contributed by atoms with Crippen LogP contribution in [0.4, 0.5) is 0 Å². The maximum atomic E-state index is 13.1. The van der Waals surface area contributed by atoms with Crippen molar-refractivity contribution in [1.29, 1.82) is 0 Å². The number of aliphatic hydroxyl groups is 1. The summed E-state index contributed by atoms with van der Waals surface area (Å²) in [5.74, 6) is -1.16. The van der Waals surface area contributed by atoms with Gasteiger partial charge in [0.05, 0.1) is 5.56 Å². The molecule has 2 bridgehead atoms. The molecule has 4 aliphatic carbocycles. The van der Waals surface area contributed by atoms with Crippen molar-refractivity contribution >= 4 is 11.8 Å². The summed E-state index contributed by atoms with van der Waals surface area (Å²) in [6.45, 7) is -0.301. The van der Waals surface area contributed by atoms with Gasteiger partial charge in [-0.25, -0.2) is 4.79 Å². The highest BCUT2D eigenvalue weighted by Gasteiger charge is 2.61. The van der Waals surface area contributed by atoms with Crippen LogP contribution in [0.15, 0.2) is 66.7 Å². The highest BCUT2D eigenvalue weighted by Crippen LogP contribution is 2.57. The summed E-state index contributed by atoms with van der Waals surface area (Å²) >= 11 is 0. The van der Waals surface area contributed by atoms with E-state index in [-0.39, 0.29) is 36.1 Å². The van der Waals surface area contributed by atoms with Gasteiger partial charge in [-0.3, -0.25) is 4.79 Å². The second-order valence-electron chi connectivity index (χ2n) is 7.76. The van der Waals surface area contributed by atoms with Crippen molar-refractivity contribution in [2.24, 2.45) is 17.8 Å². The van der Waals surface area contributed by atoms with Gasteiger partial charge in [-0.15, -0.1) is 0 Å². The molecule has 27 heavy (non-hydrogen) atoms.